The SMILES string of the molecule is CC(O)CC(C)CC(C)CC(C)CC(C)CCCC(OCc1ccccc1)OC(CCCC(C)CC(C)CC(C)CC(C)CC(C)O)OCc1ccccc1. The largest absolute Gasteiger partial charge is 0.393 e. The third-order valence-corrected chi connectivity index (χ3v) is 11.4. The summed E-state index contributed by atoms with van der Waals surface area (Å²) in [5.41, 5.74) is 2.32. The van der Waals surface area contributed by atoms with E-state index in [4.69, 9.17) is 14.2 Å². The quantitative estimate of drug-likeness (QED) is 0.0726. The van der Waals surface area contributed by atoms with Crippen molar-refractivity contribution in [1.82, 2.24) is 0 Å². The maximum atomic E-state index is 9.78. The highest BCUT2D eigenvalue weighted by Crippen LogP contribution is 2.30. The van der Waals surface area contributed by atoms with Gasteiger partial charge < -0.3 is 24.4 Å². The summed E-state index contributed by atoms with van der Waals surface area (Å²) in [4.78, 5) is 0. The predicted octanol–water partition coefficient (Wildman–Crippen LogP) is 13.4. The summed E-state index contributed by atoms with van der Waals surface area (Å²) < 4.78 is 19.8. The van der Waals surface area contributed by atoms with Crippen LogP contribution in [0.15, 0.2) is 60.7 Å². The molecule has 0 aliphatic rings. The lowest BCUT2D eigenvalue weighted by Crippen LogP contribution is -2.27. The van der Waals surface area contributed by atoms with Gasteiger partial charge in [0, 0.05) is 0 Å². The first-order valence-electron chi connectivity index (χ1n) is 22.5. The molecule has 55 heavy (non-hydrogen) atoms. The van der Waals surface area contributed by atoms with Gasteiger partial charge in [-0.1, -0.05) is 129 Å². The van der Waals surface area contributed by atoms with Crippen LogP contribution in [-0.4, -0.2) is 35.0 Å². The summed E-state index contributed by atoms with van der Waals surface area (Å²) in [7, 11) is 0. The summed E-state index contributed by atoms with van der Waals surface area (Å²) in [6, 6.07) is 20.9. The van der Waals surface area contributed by atoms with Crippen LogP contribution in [0.4, 0.5) is 0 Å². The van der Waals surface area contributed by atoms with Gasteiger partial charge in [-0.3, -0.25) is 0 Å². The van der Waals surface area contributed by atoms with Gasteiger partial charge >= 0.3 is 0 Å². The minimum Gasteiger partial charge on any atom is -0.393 e. The Morgan fingerprint density at radius 3 is 0.982 bits per heavy atom. The van der Waals surface area contributed by atoms with E-state index in [9.17, 15) is 10.2 Å². The Balaban J connectivity index is 1.96. The Kier molecular flexibility index (Phi) is 25.7. The molecule has 5 heteroatoms. The number of benzene rings is 2. The molecule has 2 N–H and O–H groups in total. The molecule has 12 atom stereocenters. The summed E-state index contributed by atoms with van der Waals surface area (Å²) >= 11 is 0. The van der Waals surface area contributed by atoms with E-state index in [0.717, 1.165) is 62.5 Å². The third-order valence-electron chi connectivity index (χ3n) is 11.4. The lowest BCUT2D eigenvalue weighted by Gasteiger charge is -2.27. The molecule has 2 aromatic rings. The zero-order chi connectivity index (χ0) is 40.6. The van der Waals surface area contributed by atoms with Gasteiger partial charge in [-0.25, -0.2) is 0 Å². The van der Waals surface area contributed by atoms with Crippen molar-refractivity contribution in [2.45, 2.75) is 197 Å². The topological polar surface area (TPSA) is 68.2 Å². The Hall–Kier alpha value is -1.76. The fourth-order valence-corrected chi connectivity index (χ4v) is 9.44. The van der Waals surface area contributed by atoms with Crippen LogP contribution in [0, 0.1) is 47.3 Å². The van der Waals surface area contributed by atoms with Crippen molar-refractivity contribution in [2.24, 2.45) is 47.3 Å². The molecule has 0 aliphatic heterocycles. The van der Waals surface area contributed by atoms with Crippen molar-refractivity contribution in [1.29, 1.82) is 0 Å². The smallest absolute Gasteiger partial charge is 0.161 e. The first-order valence-corrected chi connectivity index (χ1v) is 22.5. The number of hydrogen-bond donors (Lipinski definition) is 2. The van der Waals surface area contributed by atoms with Crippen molar-refractivity contribution in [3.63, 3.8) is 0 Å². The second-order valence-electron chi connectivity index (χ2n) is 18.9. The minimum absolute atomic E-state index is 0.209. The monoisotopic (exact) mass is 767 g/mol. The number of ether oxygens (including phenoxy) is 3. The van der Waals surface area contributed by atoms with Gasteiger partial charge in [0.15, 0.2) is 12.6 Å². The molecule has 5 nitrogen and oxygen atoms in total. The Labute approximate surface area is 339 Å². The molecular formula is C50H86O5. The molecule has 0 heterocycles. The van der Waals surface area contributed by atoms with Crippen LogP contribution in [0.1, 0.15) is 170 Å². The van der Waals surface area contributed by atoms with Crippen molar-refractivity contribution < 1.29 is 24.4 Å². The Morgan fingerprint density at radius 1 is 0.382 bits per heavy atom. The molecule has 0 spiro atoms. The van der Waals surface area contributed by atoms with Crippen molar-refractivity contribution in [3.8, 4) is 0 Å². The minimum atomic E-state index is -0.323. The normalized spacial score (nSPS) is 18.7. The van der Waals surface area contributed by atoms with Crippen LogP contribution >= 0.6 is 0 Å². The highest BCUT2D eigenvalue weighted by atomic mass is 16.8. The number of aliphatic hydroxyl groups is 2. The maximum absolute atomic E-state index is 9.78. The lowest BCUT2D eigenvalue weighted by molar-refractivity contribution is -0.257. The second kappa shape index (κ2) is 28.6. The molecule has 0 aliphatic carbocycles. The van der Waals surface area contributed by atoms with Crippen molar-refractivity contribution in [2.75, 3.05) is 0 Å². The van der Waals surface area contributed by atoms with Gasteiger partial charge in [0.2, 0.25) is 0 Å². The molecule has 0 amide bonds. The zero-order valence-corrected chi connectivity index (χ0v) is 37.1. The van der Waals surface area contributed by atoms with Gasteiger partial charge in [0.05, 0.1) is 25.4 Å². The average molecular weight is 767 g/mol. The summed E-state index contributed by atoms with van der Waals surface area (Å²) in [5, 5.41) is 19.6. The van der Waals surface area contributed by atoms with Crippen molar-refractivity contribution in [3.05, 3.63) is 71.8 Å². The first-order chi connectivity index (χ1) is 26.2. The number of aliphatic hydroxyl groups excluding tert-OH is 2. The van der Waals surface area contributed by atoms with E-state index in [1.54, 1.807) is 0 Å². The molecule has 2 aromatic carbocycles. The molecule has 0 saturated heterocycles. The fraction of sp³-hybridized carbons (Fsp3) is 0.760. The van der Waals surface area contributed by atoms with Crippen LogP contribution in [0.5, 0.6) is 0 Å². The van der Waals surface area contributed by atoms with E-state index >= 15 is 0 Å². The molecule has 0 aromatic heterocycles. The molecule has 316 valence electrons. The standard InChI is InChI=1S/C50H86O5/c1-37(27-39(3)29-41(5)31-43(7)33-45(9)51)19-17-25-49(53-35-47-21-13-11-14-22-47)55-50(54-36-48-23-15-12-16-24-48)26-18-20-38(2)28-40(4)30-42(6)32-44(8)34-46(10)52/h11-16,21-24,37-46,49-52H,17-20,25-36H2,1-10H3. The molecule has 12 unspecified atom stereocenters. The highest BCUT2D eigenvalue weighted by Gasteiger charge is 2.22. The molecule has 0 fully saturated rings. The molecular weight excluding hydrogens is 681 g/mol. The van der Waals surface area contributed by atoms with Crippen molar-refractivity contribution >= 4 is 0 Å². The maximum Gasteiger partial charge on any atom is 0.161 e. The van der Waals surface area contributed by atoms with Gasteiger partial charge in [-0.2, -0.15) is 0 Å². The van der Waals surface area contributed by atoms with E-state index in [1.807, 2.05) is 26.0 Å². The predicted molar refractivity (Wildman–Crippen MR) is 232 cm³/mol. The van der Waals surface area contributed by atoms with Crippen LogP contribution in [0.2, 0.25) is 0 Å². The van der Waals surface area contributed by atoms with E-state index in [2.05, 4.69) is 104 Å². The summed E-state index contributed by atoms with van der Waals surface area (Å²) in [6.45, 7) is 23.8. The van der Waals surface area contributed by atoms with Crippen LogP contribution in [0.25, 0.3) is 0 Å². The van der Waals surface area contributed by atoms with Gasteiger partial charge in [0.1, 0.15) is 0 Å². The van der Waals surface area contributed by atoms with Gasteiger partial charge in [-0.15, -0.1) is 0 Å². The summed E-state index contributed by atoms with van der Waals surface area (Å²) in [5.74, 6) is 5.20. The molecule has 2 rings (SSSR count). The first kappa shape index (κ1) is 49.4. The van der Waals surface area contributed by atoms with Crippen LogP contribution in [0.3, 0.4) is 0 Å². The summed E-state index contributed by atoms with van der Waals surface area (Å²) in [6.07, 6.45) is 14.3. The molecule has 0 bridgehead atoms. The van der Waals surface area contributed by atoms with E-state index in [0.29, 0.717) is 60.6 Å². The number of rotatable bonds is 32. The Morgan fingerprint density at radius 2 is 0.673 bits per heavy atom. The lowest BCUT2D eigenvalue weighted by atomic mass is 9.83. The van der Waals surface area contributed by atoms with E-state index in [1.165, 1.54) is 38.5 Å². The number of hydrogen-bond acceptors (Lipinski definition) is 5. The zero-order valence-electron chi connectivity index (χ0n) is 37.1. The highest BCUT2D eigenvalue weighted by molar-refractivity contribution is 5.14. The van der Waals surface area contributed by atoms with Crippen LogP contribution in [-0.2, 0) is 27.4 Å². The second-order valence-corrected chi connectivity index (χ2v) is 18.9. The third kappa shape index (κ3) is 25.3. The average Bonchev–Trinajstić information content (AvgIpc) is 3.08. The van der Waals surface area contributed by atoms with Crippen LogP contribution < -0.4 is 0 Å². The van der Waals surface area contributed by atoms with E-state index < -0.39 is 0 Å². The Bertz CT molecular complexity index is 1080. The van der Waals surface area contributed by atoms with Gasteiger partial charge in [0.25, 0.3) is 0 Å². The fourth-order valence-electron chi connectivity index (χ4n) is 9.44. The molecule has 0 saturated carbocycles. The van der Waals surface area contributed by atoms with E-state index in [-0.39, 0.29) is 24.8 Å². The molecule has 0 radical (unpaired) electrons. The van der Waals surface area contributed by atoms with Gasteiger partial charge in [-0.05, 0) is 149 Å².